The number of aryl methyl sites for hydroxylation is 1. The molecule has 0 unspecified atom stereocenters. The molecule has 0 atom stereocenters. The molecule has 3 rings (SSSR count). The van der Waals surface area contributed by atoms with Crippen LogP contribution < -0.4 is 5.32 Å². The number of halogens is 1. The van der Waals surface area contributed by atoms with E-state index >= 15 is 0 Å². The predicted octanol–water partition coefficient (Wildman–Crippen LogP) is 3.68. The van der Waals surface area contributed by atoms with Gasteiger partial charge in [0.25, 0.3) is 5.91 Å². The highest BCUT2D eigenvalue weighted by Gasteiger charge is 2.48. The molecule has 4 nitrogen and oxygen atoms in total. The van der Waals surface area contributed by atoms with Crippen LogP contribution in [0.5, 0.6) is 0 Å². The van der Waals surface area contributed by atoms with Crippen LogP contribution in [0.4, 0.5) is 0 Å². The van der Waals surface area contributed by atoms with Crippen LogP contribution in [0, 0.1) is 13.8 Å². The molecule has 1 saturated carbocycles. The van der Waals surface area contributed by atoms with Crippen molar-refractivity contribution in [1.82, 2.24) is 5.32 Å². The molecule has 0 saturated heterocycles. The lowest BCUT2D eigenvalue weighted by Crippen LogP contribution is -2.48. The van der Waals surface area contributed by atoms with Gasteiger partial charge in [0.1, 0.15) is 5.76 Å². The van der Waals surface area contributed by atoms with Crippen molar-refractivity contribution < 1.29 is 14.6 Å². The molecule has 5 heteroatoms. The van der Waals surface area contributed by atoms with Gasteiger partial charge >= 0.3 is 0 Å². The third kappa shape index (κ3) is 2.54. The number of hydrogen-bond donors (Lipinski definition) is 2. The summed E-state index contributed by atoms with van der Waals surface area (Å²) >= 11 is 6.22. The topological polar surface area (TPSA) is 58.6 Å². The van der Waals surface area contributed by atoms with Crippen molar-refractivity contribution >= 4 is 23.1 Å². The normalized spacial score (nSPS) is 27.7. The molecule has 0 radical (unpaired) electrons. The molecule has 2 N–H and O–H groups in total. The maximum atomic E-state index is 12.6. The summed E-state index contributed by atoms with van der Waals surface area (Å²) in [6.07, 6.45) is 3.21. The molecule has 124 valence electrons. The van der Waals surface area contributed by atoms with Crippen LogP contribution in [0.25, 0.3) is 5.57 Å². The number of hydrogen-bond acceptors (Lipinski definition) is 3. The number of carbonyl (C=O) groups excluding carboxylic acids is 1. The van der Waals surface area contributed by atoms with Gasteiger partial charge in [-0.3, -0.25) is 4.79 Å². The Hall–Kier alpha value is -1.52. The van der Waals surface area contributed by atoms with Gasteiger partial charge in [0.2, 0.25) is 0 Å². The van der Waals surface area contributed by atoms with E-state index in [0.29, 0.717) is 23.4 Å². The highest BCUT2D eigenvalue weighted by Crippen LogP contribution is 2.43. The predicted molar refractivity (Wildman–Crippen MR) is 90.6 cm³/mol. The molecule has 2 aliphatic rings. The fraction of sp³-hybridized carbons (Fsp3) is 0.500. The van der Waals surface area contributed by atoms with E-state index in [9.17, 15) is 9.90 Å². The number of carbonyl (C=O) groups is 1. The summed E-state index contributed by atoms with van der Waals surface area (Å²) in [5.41, 5.74) is 2.23. The summed E-state index contributed by atoms with van der Waals surface area (Å²) in [6.45, 7) is 3.81. The molecule has 1 fully saturated rings. The number of rotatable bonds is 2. The Morgan fingerprint density at radius 3 is 2.57 bits per heavy atom. The number of ether oxygens (including phenoxy) is 1. The molecule has 1 aromatic rings. The van der Waals surface area contributed by atoms with Crippen LogP contribution in [0.3, 0.4) is 0 Å². The maximum Gasteiger partial charge on any atom is 0.256 e. The Balaban J connectivity index is 2.06. The largest absolute Gasteiger partial charge is 0.509 e. The molecule has 1 aromatic carbocycles. The number of amides is 1. The monoisotopic (exact) mass is 335 g/mol. The molecule has 1 aliphatic carbocycles. The van der Waals surface area contributed by atoms with Crippen LogP contribution in [-0.4, -0.2) is 29.8 Å². The Bertz CT molecular complexity index is 688. The summed E-state index contributed by atoms with van der Waals surface area (Å²) in [5, 5.41) is 14.5. The second kappa shape index (κ2) is 5.84. The smallest absolute Gasteiger partial charge is 0.256 e. The molecule has 23 heavy (non-hydrogen) atoms. The minimum atomic E-state index is -0.650. The van der Waals surface area contributed by atoms with Crippen molar-refractivity contribution in [2.24, 2.45) is 0 Å². The molecule has 1 amide bonds. The first-order chi connectivity index (χ1) is 10.9. The maximum absolute atomic E-state index is 12.6. The number of aliphatic hydroxyl groups excluding tert-OH is 1. The van der Waals surface area contributed by atoms with E-state index in [2.05, 4.69) is 5.32 Å². The van der Waals surface area contributed by atoms with Crippen molar-refractivity contribution in [2.45, 2.75) is 51.2 Å². The molecule has 0 bridgehead atoms. The number of benzene rings is 1. The zero-order valence-electron chi connectivity index (χ0n) is 13.7. The third-order valence-electron chi connectivity index (χ3n) is 5.25. The summed E-state index contributed by atoms with van der Waals surface area (Å²) < 4.78 is 5.39. The molecular formula is C18H22ClNO3. The van der Waals surface area contributed by atoms with Gasteiger partial charge in [-0.05, 0) is 62.3 Å². The summed E-state index contributed by atoms with van der Waals surface area (Å²) in [4.78, 5) is 12.6. The lowest BCUT2D eigenvalue weighted by Gasteiger charge is -2.36. The number of methoxy groups -OCH3 is 1. The van der Waals surface area contributed by atoms with Gasteiger partial charge < -0.3 is 15.2 Å². The van der Waals surface area contributed by atoms with Crippen molar-refractivity contribution in [2.75, 3.05) is 7.11 Å². The zero-order chi connectivity index (χ0) is 16.8. The molecule has 1 heterocycles. The molecular weight excluding hydrogens is 314 g/mol. The Morgan fingerprint density at radius 1 is 1.30 bits per heavy atom. The summed E-state index contributed by atoms with van der Waals surface area (Å²) in [6, 6.07) is 3.70. The molecule has 1 aliphatic heterocycles. The zero-order valence-corrected chi connectivity index (χ0v) is 14.5. The summed E-state index contributed by atoms with van der Waals surface area (Å²) in [7, 11) is 1.70. The lowest BCUT2D eigenvalue weighted by molar-refractivity contribution is -0.116. The van der Waals surface area contributed by atoms with Crippen LogP contribution in [0.2, 0.25) is 5.02 Å². The molecule has 0 aromatic heterocycles. The Kier molecular flexibility index (Phi) is 4.15. The van der Waals surface area contributed by atoms with Gasteiger partial charge in [-0.2, -0.15) is 0 Å². The van der Waals surface area contributed by atoms with Gasteiger partial charge in [-0.25, -0.2) is 0 Å². The first kappa shape index (κ1) is 16.3. The first-order valence-corrected chi connectivity index (χ1v) is 8.32. The van der Waals surface area contributed by atoms with Gasteiger partial charge in [0.15, 0.2) is 0 Å². The second-order valence-electron chi connectivity index (χ2n) is 6.56. The minimum Gasteiger partial charge on any atom is -0.509 e. The van der Waals surface area contributed by atoms with Crippen LogP contribution in [-0.2, 0) is 9.53 Å². The van der Waals surface area contributed by atoms with E-state index in [1.165, 1.54) is 0 Å². The van der Waals surface area contributed by atoms with Crippen molar-refractivity contribution in [1.29, 1.82) is 0 Å². The van der Waals surface area contributed by atoms with Crippen LogP contribution in [0.15, 0.2) is 17.9 Å². The third-order valence-corrected chi connectivity index (χ3v) is 5.66. The van der Waals surface area contributed by atoms with E-state index in [-0.39, 0.29) is 17.8 Å². The van der Waals surface area contributed by atoms with E-state index < -0.39 is 5.54 Å². The van der Waals surface area contributed by atoms with E-state index in [0.717, 1.165) is 29.5 Å². The Labute approximate surface area is 141 Å². The van der Waals surface area contributed by atoms with Gasteiger partial charge in [-0.1, -0.05) is 17.7 Å². The van der Waals surface area contributed by atoms with Gasteiger partial charge in [0, 0.05) is 12.1 Å². The van der Waals surface area contributed by atoms with Crippen molar-refractivity contribution in [3.05, 3.63) is 39.6 Å². The minimum absolute atomic E-state index is 0.158. The Morgan fingerprint density at radius 2 is 1.96 bits per heavy atom. The quantitative estimate of drug-likeness (QED) is 0.866. The number of aliphatic hydroxyl groups is 1. The van der Waals surface area contributed by atoms with Crippen molar-refractivity contribution in [3.8, 4) is 0 Å². The molecule has 1 spiro atoms. The van der Waals surface area contributed by atoms with Crippen LogP contribution >= 0.6 is 11.6 Å². The van der Waals surface area contributed by atoms with Crippen LogP contribution in [0.1, 0.15) is 42.4 Å². The SMILES string of the molecule is COC1CCC2(CC1)NC(=O)C(c1c(C)ccc(Cl)c1C)=C2O. The second-order valence-corrected chi connectivity index (χ2v) is 6.97. The van der Waals surface area contributed by atoms with Gasteiger partial charge in [-0.15, -0.1) is 0 Å². The average molecular weight is 336 g/mol. The fourth-order valence-electron chi connectivity index (χ4n) is 3.81. The fourth-order valence-corrected chi connectivity index (χ4v) is 3.96. The van der Waals surface area contributed by atoms with Gasteiger partial charge in [0.05, 0.1) is 17.2 Å². The average Bonchev–Trinajstić information content (AvgIpc) is 2.77. The van der Waals surface area contributed by atoms with E-state index in [1.54, 1.807) is 7.11 Å². The standard InChI is InChI=1S/C18H22ClNO3/c1-10-4-5-13(19)11(2)14(10)15-16(21)18(20-17(15)22)8-6-12(23-3)7-9-18/h4-5,12,21H,6-9H2,1-3H3,(H,20,22). The lowest BCUT2D eigenvalue weighted by atomic mass is 9.79. The van der Waals surface area contributed by atoms with E-state index in [4.69, 9.17) is 16.3 Å². The highest BCUT2D eigenvalue weighted by molar-refractivity contribution is 6.32. The number of nitrogens with one attached hydrogen (secondary N) is 1. The summed E-state index contributed by atoms with van der Waals surface area (Å²) in [5.74, 6) is -0.0580. The van der Waals surface area contributed by atoms with E-state index in [1.807, 2.05) is 26.0 Å². The van der Waals surface area contributed by atoms with Crippen molar-refractivity contribution in [3.63, 3.8) is 0 Å². The highest BCUT2D eigenvalue weighted by atomic mass is 35.5. The first-order valence-electron chi connectivity index (χ1n) is 7.94.